The van der Waals surface area contributed by atoms with Gasteiger partial charge in [-0.05, 0) is 18.2 Å². The summed E-state index contributed by atoms with van der Waals surface area (Å²) in [6.45, 7) is -0.688. The highest BCUT2D eigenvalue weighted by Crippen LogP contribution is 2.39. The summed E-state index contributed by atoms with van der Waals surface area (Å²) in [7, 11) is 0. The van der Waals surface area contributed by atoms with Crippen molar-refractivity contribution in [2.75, 3.05) is 6.61 Å². The van der Waals surface area contributed by atoms with Gasteiger partial charge in [-0.15, -0.1) is 0 Å². The third kappa shape index (κ3) is 3.90. The number of aliphatic hydroxyl groups excluding tert-OH is 4. The number of fused-ring (bicyclic) bond motifs is 1. The molecule has 0 bridgehead atoms. The molecule has 3 aromatic rings. The number of hydrogen-bond donors (Lipinski definition) is 8. The van der Waals surface area contributed by atoms with E-state index in [4.69, 9.17) is 13.9 Å². The van der Waals surface area contributed by atoms with E-state index in [0.717, 1.165) is 24.3 Å². The Bertz CT molecular complexity index is 1250. The van der Waals surface area contributed by atoms with E-state index < -0.39 is 65.7 Å². The molecule has 12 heteroatoms. The fraction of sp³-hybridized carbons (Fsp3) is 0.286. The molecule has 1 aliphatic heterocycles. The number of aromatic hydroxyl groups is 4. The van der Waals surface area contributed by atoms with Crippen LogP contribution >= 0.6 is 0 Å². The molecule has 0 radical (unpaired) electrons. The Balaban J connectivity index is 1.75. The van der Waals surface area contributed by atoms with E-state index in [2.05, 4.69) is 0 Å². The lowest BCUT2D eigenvalue weighted by Crippen LogP contribution is -2.60. The predicted octanol–water partition coefficient (Wildman–Crippen LogP) is -0.539. The molecule has 0 unspecified atom stereocenters. The number of benzene rings is 2. The van der Waals surface area contributed by atoms with Gasteiger partial charge in [-0.2, -0.15) is 0 Å². The van der Waals surface area contributed by atoms with Gasteiger partial charge in [0.05, 0.1) is 6.61 Å². The van der Waals surface area contributed by atoms with Crippen LogP contribution < -0.4 is 10.2 Å². The lowest BCUT2D eigenvalue weighted by molar-refractivity contribution is -0.277. The van der Waals surface area contributed by atoms with Crippen LogP contribution in [0, 0.1) is 0 Å². The average molecular weight is 464 g/mol. The van der Waals surface area contributed by atoms with Gasteiger partial charge in [-0.1, -0.05) is 0 Å². The fourth-order valence-corrected chi connectivity index (χ4v) is 3.51. The van der Waals surface area contributed by atoms with Gasteiger partial charge in [0, 0.05) is 17.7 Å². The van der Waals surface area contributed by atoms with Gasteiger partial charge in [-0.3, -0.25) is 4.79 Å². The van der Waals surface area contributed by atoms with E-state index in [0.29, 0.717) is 0 Å². The summed E-state index contributed by atoms with van der Waals surface area (Å²) in [5, 5.41) is 78.9. The third-order valence-corrected chi connectivity index (χ3v) is 5.25. The van der Waals surface area contributed by atoms with Crippen molar-refractivity contribution in [1.82, 2.24) is 0 Å². The van der Waals surface area contributed by atoms with Crippen LogP contribution in [-0.2, 0) is 4.74 Å². The Morgan fingerprint density at radius 1 is 0.909 bits per heavy atom. The van der Waals surface area contributed by atoms with Gasteiger partial charge in [0.25, 0.3) is 0 Å². The van der Waals surface area contributed by atoms with E-state index in [9.17, 15) is 45.6 Å². The Morgan fingerprint density at radius 3 is 2.33 bits per heavy atom. The SMILES string of the molecule is O=c1c(O)c(-c2ccc(O)c(O[C@H]3O[C@@H](CO)[C@H](O)[C@H](O)[C@@H]3O)c2)oc2cc(O)cc(O)c12. The van der Waals surface area contributed by atoms with Crippen LogP contribution in [0.15, 0.2) is 39.5 Å². The Hall–Kier alpha value is -3.55. The molecular formula is C21H20O12. The highest BCUT2D eigenvalue weighted by molar-refractivity contribution is 5.88. The lowest BCUT2D eigenvalue weighted by Gasteiger charge is -2.39. The van der Waals surface area contributed by atoms with E-state index in [-0.39, 0.29) is 28.0 Å². The van der Waals surface area contributed by atoms with Crippen LogP contribution in [-0.4, -0.2) is 78.2 Å². The van der Waals surface area contributed by atoms with Gasteiger partial charge in [0.15, 0.2) is 17.3 Å². The molecule has 1 saturated heterocycles. The molecule has 2 heterocycles. The molecule has 8 N–H and O–H groups in total. The van der Waals surface area contributed by atoms with Crippen molar-refractivity contribution in [3.63, 3.8) is 0 Å². The molecule has 12 nitrogen and oxygen atoms in total. The fourth-order valence-electron chi connectivity index (χ4n) is 3.51. The van der Waals surface area contributed by atoms with Gasteiger partial charge in [-0.25, -0.2) is 0 Å². The van der Waals surface area contributed by atoms with Crippen molar-refractivity contribution in [2.45, 2.75) is 30.7 Å². The predicted molar refractivity (Wildman–Crippen MR) is 109 cm³/mol. The molecule has 0 aliphatic carbocycles. The van der Waals surface area contributed by atoms with Crippen LogP contribution in [0.3, 0.4) is 0 Å². The molecule has 2 aromatic carbocycles. The molecule has 33 heavy (non-hydrogen) atoms. The molecule has 0 spiro atoms. The summed E-state index contributed by atoms with van der Waals surface area (Å²) >= 11 is 0. The second-order valence-corrected chi connectivity index (χ2v) is 7.44. The summed E-state index contributed by atoms with van der Waals surface area (Å²) in [5.74, 6) is -3.01. The van der Waals surface area contributed by atoms with Crippen LogP contribution in [0.4, 0.5) is 0 Å². The lowest BCUT2D eigenvalue weighted by atomic mass is 9.99. The first kappa shape index (κ1) is 22.6. The number of hydrogen-bond acceptors (Lipinski definition) is 12. The van der Waals surface area contributed by atoms with E-state index in [1.165, 1.54) is 6.07 Å². The van der Waals surface area contributed by atoms with Crippen LogP contribution in [0.2, 0.25) is 0 Å². The van der Waals surface area contributed by atoms with Crippen molar-refractivity contribution in [2.24, 2.45) is 0 Å². The molecule has 0 amide bonds. The number of ether oxygens (including phenoxy) is 2. The molecule has 1 fully saturated rings. The van der Waals surface area contributed by atoms with Crippen molar-refractivity contribution < 1.29 is 54.7 Å². The quantitative estimate of drug-likeness (QED) is 0.245. The summed E-state index contributed by atoms with van der Waals surface area (Å²) in [6.07, 6.45) is -7.92. The maximum Gasteiger partial charge on any atom is 0.238 e. The van der Waals surface area contributed by atoms with Crippen molar-refractivity contribution in [1.29, 1.82) is 0 Å². The topological polar surface area (TPSA) is 211 Å². The van der Waals surface area contributed by atoms with Crippen molar-refractivity contribution in [3.8, 4) is 40.1 Å². The largest absolute Gasteiger partial charge is 0.508 e. The molecule has 1 aliphatic rings. The first-order chi connectivity index (χ1) is 15.6. The molecule has 5 atom stereocenters. The minimum absolute atomic E-state index is 0.0201. The van der Waals surface area contributed by atoms with E-state index in [1.54, 1.807) is 0 Å². The summed E-state index contributed by atoms with van der Waals surface area (Å²) in [5.41, 5.74) is -1.19. The highest BCUT2D eigenvalue weighted by atomic mass is 16.7. The molecule has 4 rings (SSSR count). The third-order valence-electron chi connectivity index (χ3n) is 5.25. The number of phenols is 3. The standard InChI is InChI=1S/C21H20O12/c22-6-13-15(26)17(28)19(30)21(33-13)32-11-3-7(1-2-9(11)24)20-18(29)16(27)14-10(25)4-8(23)5-12(14)31-20/h1-5,13,15,17,19,21-26,28-30H,6H2/t13-,15-,17-,19-,21-/m0/s1. The van der Waals surface area contributed by atoms with Gasteiger partial charge >= 0.3 is 0 Å². The first-order valence-corrected chi connectivity index (χ1v) is 9.64. The zero-order valence-electron chi connectivity index (χ0n) is 16.7. The Kier molecular flexibility index (Phi) is 5.78. The number of aliphatic hydroxyl groups is 4. The normalized spacial score (nSPS) is 25.3. The summed E-state index contributed by atoms with van der Waals surface area (Å²) in [4.78, 5) is 12.5. The van der Waals surface area contributed by atoms with Crippen molar-refractivity contribution >= 4 is 11.0 Å². The van der Waals surface area contributed by atoms with Crippen LogP contribution in [0.5, 0.6) is 28.7 Å². The molecule has 176 valence electrons. The smallest absolute Gasteiger partial charge is 0.238 e. The van der Waals surface area contributed by atoms with Crippen molar-refractivity contribution in [3.05, 3.63) is 40.6 Å². The van der Waals surface area contributed by atoms with Gasteiger partial charge < -0.3 is 54.7 Å². The van der Waals surface area contributed by atoms with Crippen LogP contribution in [0.1, 0.15) is 0 Å². The molecule has 0 saturated carbocycles. The Labute approximate surface area is 184 Å². The minimum atomic E-state index is -1.75. The average Bonchev–Trinajstić information content (AvgIpc) is 2.77. The Morgan fingerprint density at radius 2 is 1.64 bits per heavy atom. The zero-order chi connectivity index (χ0) is 24.0. The van der Waals surface area contributed by atoms with E-state index in [1.807, 2.05) is 0 Å². The van der Waals surface area contributed by atoms with E-state index >= 15 is 0 Å². The second kappa shape index (κ2) is 8.42. The minimum Gasteiger partial charge on any atom is -0.508 e. The monoisotopic (exact) mass is 464 g/mol. The zero-order valence-corrected chi connectivity index (χ0v) is 16.7. The first-order valence-electron chi connectivity index (χ1n) is 9.64. The number of phenolic OH excluding ortho intramolecular Hbond substituents is 3. The maximum atomic E-state index is 12.5. The highest BCUT2D eigenvalue weighted by Gasteiger charge is 2.45. The summed E-state index contributed by atoms with van der Waals surface area (Å²) < 4.78 is 16.2. The van der Waals surface area contributed by atoms with Crippen LogP contribution in [0.25, 0.3) is 22.3 Å². The molecule has 1 aromatic heterocycles. The maximum absolute atomic E-state index is 12.5. The summed E-state index contributed by atoms with van der Waals surface area (Å²) in [6, 6.07) is 5.49. The molecular weight excluding hydrogens is 444 g/mol. The second-order valence-electron chi connectivity index (χ2n) is 7.44. The van der Waals surface area contributed by atoms with Gasteiger partial charge in [0.1, 0.15) is 46.9 Å². The van der Waals surface area contributed by atoms with Gasteiger partial charge in [0.2, 0.25) is 17.5 Å². The number of rotatable bonds is 4.